The van der Waals surface area contributed by atoms with Crippen LogP contribution in [-0.4, -0.2) is 47.4 Å². The van der Waals surface area contributed by atoms with Gasteiger partial charge in [-0.05, 0) is 44.0 Å². The van der Waals surface area contributed by atoms with Gasteiger partial charge in [-0.25, -0.2) is 9.38 Å². The van der Waals surface area contributed by atoms with Gasteiger partial charge >= 0.3 is 0 Å². The number of hydrogen-bond donors (Lipinski definition) is 1. The monoisotopic (exact) mass is 458 g/mol. The minimum atomic E-state index is -0.451. The lowest BCUT2D eigenvalue weighted by molar-refractivity contribution is 0.485. The van der Waals surface area contributed by atoms with Crippen LogP contribution in [0.25, 0.3) is 0 Å². The molecule has 1 N–H and O–H groups in total. The van der Waals surface area contributed by atoms with Crippen molar-refractivity contribution in [2.75, 3.05) is 30.9 Å². The predicted molar refractivity (Wildman–Crippen MR) is 138 cm³/mol. The summed E-state index contributed by atoms with van der Waals surface area (Å²) in [5.41, 5.74) is 5.98. The van der Waals surface area contributed by atoms with Crippen molar-refractivity contribution in [2.45, 2.75) is 39.5 Å². The molecule has 0 bridgehead atoms. The second kappa shape index (κ2) is 8.31. The highest BCUT2D eigenvalue weighted by atomic mass is 19.1. The van der Waals surface area contributed by atoms with Crippen molar-refractivity contribution in [3.63, 3.8) is 0 Å². The molecule has 0 fully saturated rings. The molecule has 0 atom stereocenters. The Morgan fingerprint density at radius 1 is 1.06 bits per heavy atom. The number of nitrogens with zero attached hydrogens (tertiary/aromatic N) is 5. The molecule has 0 saturated heterocycles. The largest absolute Gasteiger partial charge is 0.341 e. The third-order valence-corrected chi connectivity index (χ3v) is 6.56. The Labute approximate surface area is 200 Å². The van der Waals surface area contributed by atoms with Crippen molar-refractivity contribution in [1.29, 1.82) is 0 Å². The number of amidine groups is 1. The summed E-state index contributed by atoms with van der Waals surface area (Å²) in [7, 11) is 3.87. The van der Waals surface area contributed by atoms with Gasteiger partial charge < -0.3 is 14.8 Å². The molecule has 0 amide bonds. The first-order chi connectivity index (χ1) is 16.3. The highest BCUT2D eigenvalue weighted by molar-refractivity contribution is 6.24. The lowest BCUT2D eigenvalue weighted by Gasteiger charge is -2.35. The number of aliphatic imine (C=N–C) groups is 2. The number of aromatic nitrogens is 1. The number of guanidine groups is 1. The number of alkyl halides is 1. The maximum Gasteiger partial charge on any atom is 0.207 e. The summed E-state index contributed by atoms with van der Waals surface area (Å²) in [5.74, 6) is 2.80. The van der Waals surface area contributed by atoms with Crippen molar-refractivity contribution in [3.8, 4) is 0 Å². The minimum Gasteiger partial charge on any atom is -0.341 e. The van der Waals surface area contributed by atoms with Crippen LogP contribution in [-0.2, 0) is 13.2 Å². The molecule has 7 heteroatoms. The van der Waals surface area contributed by atoms with Gasteiger partial charge in [0.15, 0.2) is 0 Å². The molecule has 3 heterocycles. The van der Waals surface area contributed by atoms with E-state index >= 15 is 0 Å². The summed E-state index contributed by atoms with van der Waals surface area (Å²) in [6.07, 6.45) is 0. The van der Waals surface area contributed by atoms with Crippen LogP contribution in [0, 0.1) is 6.92 Å². The van der Waals surface area contributed by atoms with Crippen LogP contribution in [0.2, 0.25) is 0 Å². The lowest BCUT2D eigenvalue weighted by Crippen LogP contribution is -2.48. The molecule has 176 valence electrons. The van der Waals surface area contributed by atoms with Gasteiger partial charge in [-0.15, -0.1) is 0 Å². The Kier molecular flexibility index (Phi) is 5.42. The van der Waals surface area contributed by atoms with E-state index in [0.717, 1.165) is 52.4 Å². The lowest BCUT2D eigenvalue weighted by atomic mass is 10.1. The number of anilines is 3. The minimum absolute atomic E-state index is 0.187. The number of rotatable bonds is 5. The summed E-state index contributed by atoms with van der Waals surface area (Å²) < 4.78 is 15.4. The van der Waals surface area contributed by atoms with Crippen LogP contribution in [0.15, 0.2) is 64.6 Å². The van der Waals surface area contributed by atoms with Crippen LogP contribution in [0.4, 0.5) is 21.6 Å². The molecule has 34 heavy (non-hydrogen) atoms. The SMILES string of the molecule is CN=C1c2c(c(C)n(Cc3ccc(CF)cc3)c2Nc2ccccc2)N2CC(C)(C)N=C2N1C. The Morgan fingerprint density at radius 2 is 1.74 bits per heavy atom. The summed E-state index contributed by atoms with van der Waals surface area (Å²) in [5, 5.41) is 3.68. The quantitative estimate of drug-likeness (QED) is 0.562. The smallest absolute Gasteiger partial charge is 0.207 e. The normalized spacial score (nSPS) is 17.6. The second-order valence-corrected chi connectivity index (χ2v) is 9.60. The van der Waals surface area contributed by atoms with E-state index in [4.69, 9.17) is 9.98 Å². The van der Waals surface area contributed by atoms with E-state index in [1.165, 1.54) is 0 Å². The molecule has 2 aliphatic rings. The fraction of sp³-hybridized carbons (Fsp3) is 0.333. The van der Waals surface area contributed by atoms with Crippen LogP contribution >= 0.6 is 0 Å². The molecule has 6 nitrogen and oxygen atoms in total. The molecule has 0 aliphatic carbocycles. The Balaban J connectivity index is 1.70. The summed E-state index contributed by atoms with van der Waals surface area (Å²) in [6.45, 7) is 7.50. The van der Waals surface area contributed by atoms with Crippen molar-refractivity contribution < 1.29 is 4.39 Å². The van der Waals surface area contributed by atoms with E-state index in [1.807, 2.05) is 56.6 Å². The van der Waals surface area contributed by atoms with Gasteiger partial charge in [-0.2, -0.15) is 0 Å². The van der Waals surface area contributed by atoms with Crippen molar-refractivity contribution in [1.82, 2.24) is 9.47 Å². The standard InChI is InChI=1S/C27H31FN6/c1-18-23-22(24(29-4)32(5)26-31-27(2,3)17-34(23)26)25(30-21-9-7-6-8-10-21)33(18)16-20-13-11-19(15-28)12-14-20/h6-14,30H,15-17H2,1-5H3. The number of halogens is 1. The van der Waals surface area contributed by atoms with Gasteiger partial charge in [0.05, 0.1) is 23.3 Å². The Bertz CT molecular complexity index is 1270. The van der Waals surface area contributed by atoms with Crippen LogP contribution in [0.1, 0.15) is 36.2 Å². The van der Waals surface area contributed by atoms with Gasteiger partial charge in [0.2, 0.25) is 5.96 Å². The maximum atomic E-state index is 13.1. The summed E-state index contributed by atoms with van der Waals surface area (Å²) in [4.78, 5) is 14.1. The molecule has 0 unspecified atom stereocenters. The Hall–Kier alpha value is -3.61. The molecule has 2 aromatic carbocycles. The summed E-state index contributed by atoms with van der Waals surface area (Å²) >= 11 is 0. The van der Waals surface area contributed by atoms with Gasteiger partial charge in [0.25, 0.3) is 0 Å². The third-order valence-electron chi connectivity index (χ3n) is 6.56. The average molecular weight is 459 g/mol. The first kappa shape index (κ1) is 22.2. The molecule has 5 rings (SSSR count). The number of para-hydroxylation sites is 1. The molecule has 0 spiro atoms. The molecular formula is C27H31FN6. The highest BCUT2D eigenvalue weighted by Gasteiger charge is 2.44. The van der Waals surface area contributed by atoms with Gasteiger partial charge in [0.1, 0.15) is 18.3 Å². The average Bonchev–Trinajstić information content (AvgIpc) is 3.29. The fourth-order valence-electron chi connectivity index (χ4n) is 4.95. The molecule has 0 saturated carbocycles. The van der Waals surface area contributed by atoms with E-state index in [0.29, 0.717) is 12.1 Å². The zero-order valence-corrected chi connectivity index (χ0v) is 20.4. The topological polar surface area (TPSA) is 48.2 Å². The number of hydrogen-bond acceptors (Lipinski definition) is 4. The van der Waals surface area contributed by atoms with Crippen LogP contribution in [0.5, 0.6) is 0 Å². The first-order valence-corrected chi connectivity index (χ1v) is 11.6. The molecular weight excluding hydrogens is 427 g/mol. The second-order valence-electron chi connectivity index (χ2n) is 9.60. The molecule has 0 radical (unpaired) electrons. The van der Waals surface area contributed by atoms with Crippen LogP contribution in [0.3, 0.4) is 0 Å². The van der Waals surface area contributed by atoms with E-state index in [9.17, 15) is 4.39 Å². The van der Waals surface area contributed by atoms with Crippen molar-refractivity contribution >= 4 is 29.0 Å². The van der Waals surface area contributed by atoms with Gasteiger partial charge in [-0.3, -0.25) is 9.89 Å². The third kappa shape index (κ3) is 3.65. The molecule has 2 aliphatic heterocycles. The van der Waals surface area contributed by atoms with E-state index < -0.39 is 6.67 Å². The van der Waals surface area contributed by atoms with E-state index in [2.05, 4.69) is 52.6 Å². The zero-order chi connectivity index (χ0) is 24.0. The zero-order valence-electron chi connectivity index (χ0n) is 20.4. The van der Waals surface area contributed by atoms with E-state index in [1.54, 1.807) is 0 Å². The first-order valence-electron chi connectivity index (χ1n) is 11.6. The van der Waals surface area contributed by atoms with Crippen molar-refractivity contribution in [2.24, 2.45) is 9.98 Å². The van der Waals surface area contributed by atoms with Gasteiger partial charge in [0, 0.05) is 32.0 Å². The Morgan fingerprint density at radius 3 is 2.38 bits per heavy atom. The maximum absolute atomic E-state index is 13.1. The number of nitrogens with one attached hydrogen (secondary N) is 1. The number of fused-ring (bicyclic) bond motifs is 3. The molecule has 3 aromatic rings. The summed E-state index contributed by atoms with van der Waals surface area (Å²) in [6, 6.07) is 17.9. The number of benzene rings is 2. The predicted octanol–water partition coefficient (Wildman–Crippen LogP) is 5.33. The van der Waals surface area contributed by atoms with Crippen molar-refractivity contribution in [3.05, 3.63) is 77.0 Å². The van der Waals surface area contributed by atoms with Crippen LogP contribution < -0.4 is 10.2 Å². The highest BCUT2D eigenvalue weighted by Crippen LogP contribution is 2.43. The van der Waals surface area contributed by atoms with Gasteiger partial charge in [-0.1, -0.05) is 42.5 Å². The molecule has 1 aromatic heterocycles. The fourth-order valence-corrected chi connectivity index (χ4v) is 4.95. The van der Waals surface area contributed by atoms with E-state index in [-0.39, 0.29) is 5.54 Å².